The van der Waals surface area contributed by atoms with Gasteiger partial charge in [-0.15, -0.1) is 0 Å². The van der Waals surface area contributed by atoms with Crippen molar-refractivity contribution in [3.63, 3.8) is 0 Å². The fourth-order valence-electron chi connectivity index (χ4n) is 4.69. The Morgan fingerprint density at radius 2 is 2.12 bits per heavy atom. The van der Waals surface area contributed by atoms with E-state index in [1.54, 1.807) is 12.4 Å². The Hall–Kier alpha value is -3.25. The van der Waals surface area contributed by atoms with Crippen LogP contribution in [0.15, 0.2) is 67.8 Å². The summed E-state index contributed by atoms with van der Waals surface area (Å²) in [6, 6.07) is 6.99. The molecule has 3 aromatic rings. The summed E-state index contributed by atoms with van der Waals surface area (Å²) >= 11 is 0. The molecule has 1 N–H and O–H groups in total. The summed E-state index contributed by atoms with van der Waals surface area (Å²) in [5, 5.41) is 9.12. The van der Waals surface area contributed by atoms with Gasteiger partial charge in [-0.2, -0.15) is 5.10 Å². The number of hydrogen-bond acceptors (Lipinski definition) is 5. The van der Waals surface area contributed by atoms with Crippen molar-refractivity contribution in [2.24, 2.45) is 0 Å². The summed E-state index contributed by atoms with van der Waals surface area (Å²) in [6.45, 7) is 8.46. The molecule has 0 saturated carbocycles. The Morgan fingerprint density at radius 1 is 1.19 bits per heavy atom. The van der Waals surface area contributed by atoms with E-state index in [4.69, 9.17) is 4.74 Å². The molecule has 0 bridgehead atoms. The molecular weight excluding hydrogens is 398 g/mol. The normalized spacial score (nSPS) is 20.9. The molecule has 1 aliphatic carbocycles. The summed E-state index contributed by atoms with van der Waals surface area (Å²) in [6.07, 6.45) is 15.8. The summed E-state index contributed by atoms with van der Waals surface area (Å²) in [5.41, 5.74) is 6.50. The Labute approximate surface area is 188 Å². The van der Waals surface area contributed by atoms with E-state index in [0.29, 0.717) is 6.04 Å². The molecule has 2 unspecified atom stereocenters. The largest absolute Gasteiger partial charge is 0.384 e. The number of aromatic nitrogens is 4. The minimum absolute atomic E-state index is 0.0374. The number of hydrogen-bond donors (Lipinski definition) is 1. The van der Waals surface area contributed by atoms with Crippen LogP contribution in [0, 0.1) is 0 Å². The summed E-state index contributed by atoms with van der Waals surface area (Å²) in [7, 11) is 0. The van der Waals surface area contributed by atoms with Crippen LogP contribution < -0.4 is 5.32 Å². The fraction of sp³-hybridized carbons (Fsp3) is 0.346. The zero-order valence-electron chi connectivity index (χ0n) is 18.3. The minimum Gasteiger partial charge on any atom is -0.384 e. The maximum atomic E-state index is 5.93. The second-order valence-corrected chi connectivity index (χ2v) is 8.51. The molecular formula is C26H29N5O. The lowest BCUT2D eigenvalue weighted by atomic mass is 9.86. The van der Waals surface area contributed by atoms with E-state index < -0.39 is 0 Å². The molecule has 32 heavy (non-hydrogen) atoms. The number of rotatable bonds is 6. The number of nitrogens with one attached hydrogen (secondary N) is 1. The lowest BCUT2D eigenvalue weighted by Crippen LogP contribution is -2.21. The van der Waals surface area contributed by atoms with E-state index in [1.807, 2.05) is 23.2 Å². The van der Waals surface area contributed by atoms with E-state index in [-0.39, 0.29) is 6.23 Å². The molecule has 0 spiro atoms. The van der Waals surface area contributed by atoms with Gasteiger partial charge in [0.05, 0.1) is 23.3 Å². The summed E-state index contributed by atoms with van der Waals surface area (Å²) in [4.78, 5) is 9.17. The van der Waals surface area contributed by atoms with Gasteiger partial charge in [0.25, 0.3) is 0 Å². The Balaban J connectivity index is 1.45. The van der Waals surface area contributed by atoms with Crippen LogP contribution in [0.3, 0.4) is 0 Å². The van der Waals surface area contributed by atoms with Crippen molar-refractivity contribution in [1.29, 1.82) is 0 Å². The van der Waals surface area contributed by atoms with Gasteiger partial charge in [0, 0.05) is 12.2 Å². The highest BCUT2D eigenvalue weighted by Crippen LogP contribution is 2.35. The maximum Gasteiger partial charge on any atom is 0.164 e. The molecule has 5 rings (SSSR count). The van der Waals surface area contributed by atoms with Crippen molar-refractivity contribution in [3.8, 4) is 11.3 Å². The van der Waals surface area contributed by atoms with Gasteiger partial charge < -0.3 is 10.1 Å². The highest BCUT2D eigenvalue weighted by Gasteiger charge is 2.23. The molecule has 0 amide bonds. The van der Waals surface area contributed by atoms with Crippen LogP contribution in [-0.2, 0) is 11.2 Å². The molecule has 6 heteroatoms. The standard InChI is InChI=1S/C26H29N5O/c1-3-18(2)12-13-27-23-8-6-7-19-15-20(10-11-21(19)23)25-22-16-30-31(26(22)29-17-28-25)24-9-4-5-14-32-24/h3,10-13,15-17,23-24,27H,1-2,4-9,14H2/b13-12-. The van der Waals surface area contributed by atoms with Crippen LogP contribution in [0.1, 0.15) is 55.5 Å². The average Bonchev–Trinajstić information content (AvgIpc) is 3.28. The first-order valence-electron chi connectivity index (χ1n) is 11.4. The van der Waals surface area contributed by atoms with Crippen LogP contribution in [0.25, 0.3) is 22.3 Å². The van der Waals surface area contributed by atoms with Gasteiger partial charge in [0.1, 0.15) is 6.33 Å². The number of aryl methyl sites for hydroxylation is 1. The van der Waals surface area contributed by atoms with Crippen molar-refractivity contribution in [2.45, 2.75) is 50.8 Å². The number of allylic oxidation sites excluding steroid dienone is 3. The monoisotopic (exact) mass is 427 g/mol. The van der Waals surface area contributed by atoms with E-state index >= 15 is 0 Å². The quantitative estimate of drug-likeness (QED) is 0.533. The van der Waals surface area contributed by atoms with Gasteiger partial charge in [-0.25, -0.2) is 14.6 Å². The van der Waals surface area contributed by atoms with Gasteiger partial charge in [0.2, 0.25) is 0 Å². The summed E-state index contributed by atoms with van der Waals surface area (Å²) in [5.74, 6) is 0. The van der Waals surface area contributed by atoms with E-state index in [0.717, 1.165) is 73.0 Å². The van der Waals surface area contributed by atoms with Crippen molar-refractivity contribution < 1.29 is 4.74 Å². The first-order valence-corrected chi connectivity index (χ1v) is 11.4. The Bertz CT molecular complexity index is 1170. The molecule has 2 aromatic heterocycles. The lowest BCUT2D eigenvalue weighted by molar-refractivity contribution is -0.0370. The Morgan fingerprint density at radius 3 is 2.97 bits per heavy atom. The van der Waals surface area contributed by atoms with E-state index in [2.05, 4.69) is 51.7 Å². The minimum atomic E-state index is -0.0374. The topological polar surface area (TPSA) is 64.9 Å². The average molecular weight is 428 g/mol. The smallest absolute Gasteiger partial charge is 0.164 e. The number of fused-ring (bicyclic) bond motifs is 2. The fourth-order valence-corrected chi connectivity index (χ4v) is 4.69. The van der Waals surface area contributed by atoms with Gasteiger partial charge >= 0.3 is 0 Å². The van der Waals surface area contributed by atoms with Crippen LogP contribution in [-0.4, -0.2) is 26.4 Å². The first kappa shape index (κ1) is 20.6. The molecule has 2 aliphatic rings. The second-order valence-electron chi connectivity index (χ2n) is 8.51. The highest BCUT2D eigenvalue weighted by molar-refractivity contribution is 5.90. The van der Waals surface area contributed by atoms with E-state index in [9.17, 15) is 0 Å². The van der Waals surface area contributed by atoms with Crippen LogP contribution >= 0.6 is 0 Å². The van der Waals surface area contributed by atoms with Gasteiger partial charge in [0.15, 0.2) is 11.9 Å². The van der Waals surface area contributed by atoms with Crippen molar-refractivity contribution in [3.05, 3.63) is 78.9 Å². The third-order valence-corrected chi connectivity index (χ3v) is 6.41. The molecule has 1 aromatic carbocycles. The molecule has 1 aliphatic heterocycles. The zero-order valence-corrected chi connectivity index (χ0v) is 18.3. The highest BCUT2D eigenvalue weighted by atomic mass is 16.5. The first-order chi connectivity index (χ1) is 15.7. The molecule has 0 radical (unpaired) electrons. The molecule has 1 saturated heterocycles. The zero-order chi connectivity index (χ0) is 21.9. The van der Waals surface area contributed by atoms with E-state index in [1.165, 1.54) is 11.1 Å². The number of ether oxygens (including phenoxy) is 1. The van der Waals surface area contributed by atoms with Crippen LogP contribution in [0.5, 0.6) is 0 Å². The molecule has 164 valence electrons. The van der Waals surface area contributed by atoms with Gasteiger partial charge in [-0.05, 0) is 73.6 Å². The predicted octanol–water partition coefficient (Wildman–Crippen LogP) is 5.42. The van der Waals surface area contributed by atoms with Crippen molar-refractivity contribution in [2.75, 3.05) is 6.61 Å². The molecule has 3 heterocycles. The van der Waals surface area contributed by atoms with Gasteiger partial charge in [-0.3, -0.25) is 0 Å². The van der Waals surface area contributed by atoms with Crippen molar-refractivity contribution in [1.82, 2.24) is 25.1 Å². The van der Waals surface area contributed by atoms with Crippen LogP contribution in [0.4, 0.5) is 0 Å². The third kappa shape index (κ3) is 3.98. The molecule has 2 atom stereocenters. The Kier molecular flexibility index (Phi) is 5.86. The second kappa shape index (κ2) is 9.09. The number of nitrogens with zero attached hydrogens (tertiary/aromatic N) is 4. The molecule has 6 nitrogen and oxygen atoms in total. The maximum absolute atomic E-state index is 5.93. The molecule has 1 fully saturated rings. The number of benzene rings is 1. The summed E-state index contributed by atoms with van der Waals surface area (Å²) < 4.78 is 7.85. The van der Waals surface area contributed by atoms with Gasteiger partial charge in [-0.1, -0.05) is 31.4 Å². The predicted molar refractivity (Wildman–Crippen MR) is 127 cm³/mol. The lowest BCUT2D eigenvalue weighted by Gasteiger charge is -2.26. The SMILES string of the molecule is C=CC(=C)/C=C\NC1CCCc2cc(-c3ncnc4c3cnn4C3CCCCO3)ccc21. The third-order valence-electron chi connectivity index (χ3n) is 6.41. The van der Waals surface area contributed by atoms with Crippen LogP contribution in [0.2, 0.25) is 0 Å². The van der Waals surface area contributed by atoms with Crippen molar-refractivity contribution >= 4 is 11.0 Å².